The zero-order chi connectivity index (χ0) is 27.7. The fourth-order valence-electron chi connectivity index (χ4n) is 5.60. The number of carbonyl (C=O) groups is 2. The van der Waals surface area contributed by atoms with Crippen LogP contribution in [0.2, 0.25) is 0 Å². The van der Waals surface area contributed by atoms with Crippen LogP contribution in [0.1, 0.15) is 90.2 Å². The van der Waals surface area contributed by atoms with Crippen LogP contribution in [0, 0.1) is 5.92 Å². The van der Waals surface area contributed by atoms with Crippen LogP contribution in [-0.2, 0) is 16.0 Å². The number of rotatable bonds is 6. The van der Waals surface area contributed by atoms with Crippen LogP contribution < -0.4 is 15.4 Å². The third-order valence-electron chi connectivity index (χ3n) is 8.28. The quantitative estimate of drug-likeness (QED) is 0.487. The van der Waals surface area contributed by atoms with E-state index in [1.165, 1.54) is 6.42 Å². The Bertz CT molecular complexity index is 1140. The van der Waals surface area contributed by atoms with Gasteiger partial charge in [0.15, 0.2) is 0 Å². The van der Waals surface area contributed by atoms with Gasteiger partial charge in [-0.15, -0.1) is 0 Å². The SMILES string of the molecule is C[C@H]1CCc2c(ccc(C(C=NC3CCN(C(=O)OC(C)(C)C)CC3)=CN)c2OC2CCC2)N1C(=O)C1CC1. The Balaban J connectivity index is 1.35. The summed E-state index contributed by atoms with van der Waals surface area (Å²) in [6.07, 6.45) is 12.0. The Kier molecular flexibility index (Phi) is 7.92. The van der Waals surface area contributed by atoms with Crippen molar-refractivity contribution in [3.8, 4) is 5.75 Å². The van der Waals surface area contributed by atoms with E-state index < -0.39 is 5.60 Å². The molecule has 0 bridgehead atoms. The topological polar surface area (TPSA) is 97.5 Å². The van der Waals surface area contributed by atoms with Crippen molar-refractivity contribution < 1.29 is 19.1 Å². The molecule has 4 aliphatic rings. The second-order valence-electron chi connectivity index (χ2n) is 12.6. The third kappa shape index (κ3) is 6.25. The Labute approximate surface area is 232 Å². The normalized spacial score (nSPS) is 23.0. The van der Waals surface area contributed by atoms with E-state index in [2.05, 4.69) is 13.0 Å². The molecule has 2 N–H and O–H groups in total. The molecule has 5 rings (SSSR count). The lowest BCUT2D eigenvalue weighted by Crippen LogP contribution is -2.43. The summed E-state index contributed by atoms with van der Waals surface area (Å²) in [5.41, 5.74) is 9.53. The van der Waals surface area contributed by atoms with E-state index in [0.717, 1.165) is 79.5 Å². The monoisotopic (exact) mass is 536 g/mol. The van der Waals surface area contributed by atoms with Crippen molar-refractivity contribution in [1.82, 2.24) is 4.90 Å². The van der Waals surface area contributed by atoms with E-state index in [1.807, 2.05) is 38.0 Å². The minimum Gasteiger partial charge on any atom is -0.489 e. The number of anilines is 1. The summed E-state index contributed by atoms with van der Waals surface area (Å²) in [4.78, 5) is 34.3. The molecule has 1 aromatic carbocycles. The van der Waals surface area contributed by atoms with Crippen molar-refractivity contribution >= 4 is 29.5 Å². The van der Waals surface area contributed by atoms with Crippen LogP contribution in [-0.4, -0.2) is 60.0 Å². The fourth-order valence-corrected chi connectivity index (χ4v) is 5.60. The minimum absolute atomic E-state index is 0.111. The van der Waals surface area contributed by atoms with Gasteiger partial charge in [-0.3, -0.25) is 9.79 Å². The lowest BCUT2D eigenvalue weighted by molar-refractivity contribution is -0.120. The van der Waals surface area contributed by atoms with E-state index in [4.69, 9.17) is 20.2 Å². The molecule has 39 heavy (non-hydrogen) atoms. The number of carbonyl (C=O) groups excluding carboxylic acids is 2. The summed E-state index contributed by atoms with van der Waals surface area (Å²) in [5, 5.41) is 0. The highest BCUT2D eigenvalue weighted by Crippen LogP contribution is 2.44. The lowest BCUT2D eigenvalue weighted by Gasteiger charge is -2.38. The molecule has 0 unspecified atom stereocenters. The number of allylic oxidation sites excluding steroid dienone is 1. The molecule has 0 aromatic heterocycles. The maximum absolute atomic E-state index is 13.2. The van der Waals surface area contributed by atoms with Crippen LogP contribution in [0.25, 0.3) is 5.57 Å². The molecule has 1 aromatic rings. The first-order chi connectivity index (χ1) is 18.6. The molecule has 1 atom stereocenters. The van der Waals surface area contributed by atoms with Gasteiger partial charge in [-0.1, -0.05) is 0 Å². The first-order valence-electron chi connectivity index (χ1n) is 14.7. The Morgan fingerprint density at radius 2 is 1.77 bits per heavy atom. The average Bonchev–Trinajstić information content (AvgIpc) is 3.71. The van der Waals surface area contributed by atoms with Crippen LogP contribution in [0.3, 0.4) is 0 Å². The van der Waals surface area contributed by atoms with Crippen LogP contribution in [0.4, 0.5) is 10.5 Å². The molecule has 2 aliphatic heterocycles. The number of likely N-dealkylation sites (tertiary alicyclic amines) is 1. The van der Waals surface area contributed by atoms with Crippen molar-refractivity contribution in [2.24, 2.45) is 16.6 Å². The largest absolute Gasteiger partial charge is 0.489 e. The number of aliphatic imine (C=N–C) groups is 1. The van der Waals surface area contributed by atoms with Gasteiger partial charge < -0.3 is 25.0 Å². The molecular weight excluding hydrogens is 492 g/mol. The number of hydrogen-bond acceptors (Lipinski definition) is 6. The maximum atomic E-state index is 13.2. The van der Waals surface area contributed by atoms with E-state index in [0.29, 0.717) is 13.1 Å². The van der Waals surface area contributed by atoms with Gasteiger partial charge in [0, 0.05) is 54.2 Å². The first kappa shape index (κ1) is 27.5. The Hall–Kier alpha value is -3.03. The van der Waals surface area contributed by atoms with E-state index >= 15 is 0 Å². The van der Waals surface area contributed by atoms with Crippen LogP contribution in [0.15, 0.2) is 23.3 Å². The molecule has 3 fully saturated rings. The number of amides is 2. The highest BCUT2D eigenvalue weighted by Gasteiger charge is 2.39. The smallest absolute Gasteiger partial charge is 0.410 e. The molecule has 2 heterocycles. The van der Waals surface area contributed by atoms with Crippen molar-refractivity contribution in [2.45, 2.75) is 109 Å². The predicted octanol–water partition coefficient (Wildman–Crippen LogP) is 5.47. The van der Waals surface area contributed by atoms with Crippen molar-refractivity contribution in [1.29, 1.82) is 0 Å². The second-order valence-corrected chi connectivity index (χ2v) is 12.6. The van der Waals surface area contributed by atoms with E-state index in [1.54, 1.807) is 11.1 Å². The van der Waals surface area contributed by atoms with Gasteiger partial charge in [-0.2, -0.15) is 0 Å². The molecule has 212 valence electrons. The molecular formula is C31H44N4O4. The molecule has 8 nitrogen and oxygen atoms in total. The molecule has 1 saturated heterocycles. The van der Waals surface area contributed by atoms with Gasteiger partial charge in [0.25, 0.3) is 0 Å². The zero-order valence-corrected chi connectivity index (χ0v) is 23.9. The highest BCUT2D eigenvalue weighted by molar-refractivity contribution is 6.11. The van der Waals surface area contributed by atoms with Crippen molar-refractivity contribution in [3.63, 3.8) is 0 Å². The molecule has 0 spiro atoms. The van der Waals surface area contributed by atoms with Crippen LogP contribution >= 0.6 is 0 Å². The standard InChI is InChI=1S/C31H44N4O4/c1-20-8-11-26-27(35(20)29(36)21-9-10-21)13-12-25(28(26)38-24-6-5-7-24)22(18-32)19-33-23-14-16-34(17-15-23)30(37)39-31(2,3)4/h12-13,18-21,23-24H,5-11,14-17,32H2,1-4H3/t20-/m0/s1. The Morgan fingerprint density at radius 3 is 2.36 bits per heavy atom. The molecule has 2 saturated carbocycles. The van der Waals surface area contributed by atoms with Crippen molar-refractivity contribution in [3.05, 3.63) is 29.5 Å². The predicted molar refractivity (Wildman–Crippen MR) is 154 cm³/mol. The summed E-state index contributed by atoms with van der Waals surface area (Å²) in [5.74, 6) is 1.28. The summed E-state index contributed by atoms with van der Waals surface area (Å²) in [7, 11) is 0. The van der Waals surface area contributed by atoms with Gasteiger partial charge >= 0.3 is 6.09 Å². The minimum atomic E-state index is -0.499. The van der Waals surface area contributed by atoms with Gasteiger partial charge in [0.1, 0.15) is 11.4 Å². The summed E-state index contributed by atoms with van der Waals surface area (Å²) in [6.45, 7) is 9.04. The van der Waals surface area contributed by atoms with Gasteiger partial charge in [0.05, 0.1) is 17.8 Å². The van der Waals surface area contributed by atoms with E-state index in [-0.39, 0.29) is 36.1 Å². The first-order valence-corrected chi connectivity index (χ1v) is 14.7. The summed E-state index contributed by atoms with van der Waals surface area (Å²) >= 11 is 0. The highest BCUT2D eigenvalue weighted by atomic mass is 16.6. The molecule has 8 heteroatoms. The van der Waals surface area contributed by atoms with Gasteiger partial charge in [-0.25, -0.2) is 4.79 Å². The van der Waals surface area contributed by atoms with Crippen LogP contribution in [0.5, 0.6) is 5.75 Å². The number of nitrogens with zero attached hydrogens (tertiary/aromatic N) is 3. The lowest BCUT2D eigenvalue weighted by atomic mass is 9.90. The second kappa shape index (κ2) is 11.2. The number of benzene rings is 1. The Morgan fingerprint density at radius 1 is 1.05 bits per heavy atom. The number of piperidine rings is 1. The van der Waals surface area contributed by atoms with Gasteiger partial charge in [0.2, 0.25) is 5.91 Å². The van der Waals surface area contributed by atoms with E-state index in [9.17, 15) is 9.59 Å². The number of ether oxygens (including phenoxy) is 2. The number of fused-ring (bicyclic) bond motifs is 1. The van der Waals surface area contributed by atoms with Crippen molar-refractivity contribution in [2.75, 3.05) is 18.0 Å². The summed E-state index contributed by atoms with van der Waals surface area (Å²) in [6, 6.07) is 4.42. The zero-order valence-electron chi connectivity index (χ0n) is 23.9. The fraction of sp³-hybridized carbons (Fsp3) is 0.645. The maximum Gasteiger partial charge on any atom is 0.410 e. The molecule has 0 radical (unpaired) electrons. The summed E-state index contributed by atoms with van der Waals surface area (Å²) < 4.78 is 12.1. The number of nitrogens with two attached hydrogens (primary N) is 1. The molecule has 2 amide bonds. The third-order valence-corrected chi connectivity index (χ3v) is 8.28. The average molecular weight is 537 g/mol. The van der Waals surface area contributed by atoms with Gasteiger partial charge in [-0.05, 0) is 97.6 Å². The number of hydrogen-bond donors (Lipinski definition) is 1. The molecule has 2 aliphatic carbocycles.